The Morgan fingerprint density at radius 2 is 2.33 bits per heavy atom. The van der Waals surface area contributed by atoms with Gasteiger partial charge in [0, 0.05) is 18.4 Å². The van der Waals surface area contributed by atoms with Crippen molar-refractivity contribution >= 4 is 17.3 Å². The number of nitrogens with two attached hydrogens (primary N) is 1. The Labute approximate surface area is 104 Å². The third-order valence-corrected chi connectivity index (χ3v) is 2.50. The number of aromatic nitrogens is 2. The zero-order valence-electron chi connectivity index (χ0n) is 9.92. The van der Waals surface area contributed by atoms with Crippen LogP contribution in [0.5, 0.6) is 5.75 Å². The summed E-state index contributed by atoms with van der Waals surface area (Å²) < 4.78 is 1.70. The Balaban J connectivity index is 2.19. The molecule has 0 radical (unpaired) electrons. The lowest BCUT2D eigenvalue weighted by Gasteiger charge is -2.06. The fourth-order valence-corrected chi connectivity index (χ4v) is 1.54. The number of carbonyl (C=O) groups excluding carboxylic acids is 1. The van der Waals surface area contributed by atoms with Gasteiger partial charge in [-0.05, 0) is 25.1 Å². The van der Waals surface area contributed by atoms with Crippen molar-refractivity contribution in [2.24, 2.45) is 0 Å². The molecule has 0 atom stereocenters. The molecule has 0 aliphatic carbocycles. The first kappa shape index (κ1) is 12.0. The maximum atomic E-state index is 11.9. The number of nitrogens with zero attached hydrogens (tertiary/aromatic N) is 2. The average molecular weight is 246 g/mol. The molecule has 1 amide bonds. The van der Waals surface area contributed by atoms with Crippen molar-refractivity contribution in [1.29, 1.82) is 0 Å². The molecule has 2 aromatic rings. The number of aryl methyl sites for hydroxylation is 1. The quantitative estimate of drug-likeness (QED) is 0.564. The van der Waals surface area contributed by atoms with Crippen molar-refractivity contribution in [2.45, 2.75) is 13.5 Å². The van der Waals surface area contributed by atoms with Gasteiger partial charge in [-0.2, -0.15) is 5.10 Å². The van der Waals surface area contributed by atoms with E-state index in [-0.39, 0.29) is 17.2 Å². The van der Waals surface area contributed by atoms with Gasteiger partial charge in [-0.25, -0.2) is 0 Å². The first-order valence-corrected chi connectivity index (χ1v) is 5.52. The van der Waals surface area contributed by atoms with E-state index in [0.29, 0.717) is 11.4 Å². The molecule has 0 saturated carbocycles. The lowest BCUT2D eigenvalue weighted by atomic mass is 10.1. The molecule has 2 rings (SSSR count). The number of carbonyl (C=O) groups is 1. The van der Waals surface area contributed by atoms with E-state index in [4.69, 9.17) is 5.73 Å². The predicted molar refractivity (Wildman–Crippen MR) is 68.4 cm³/mol. The van der Waals surface area contributed by atoms with Gasteiger partial charge in [0.1, 0.15) is 5.75 Å². The first-order chi connectivity index (χ1) is 8.60. The Kier molecular flexibility index (Phi) is 3.18. The number of anilines is 2. The number of nitrogens with one attached hydrogen (secondary N) is 1. The molecule has 6 nitrogen and oxygen atoms in total. The van der Waals surface area contributed by atoms with Crippen LogP contribution in [0.25, 0.3) is 0 Å². The van der Waals surface area contributed by atoms with Crippen LogP contribution in [0, 0.1) is 0 Å². The molecule has 0 fully saturated rings. The van der Waals surface area contributed by atoms with Gasteiger partial charge in [-0.3, -0.25) is 9.48 Å². The number of hydrogen-bond donors (Lipinski definition) is 3. The molecule has 4 N–H and O–H groups in total. The van der Waals surface area contributed by atoms with E-state index in [1.54, 1.807) is 17.1 Å². The number of phenolic OH excluding ortho intramolecular Hbond substituents is 1. The van der Waals surface area contributed by atoms with Crippen molar-refractivity contribution in [3.8, 4) is 5.75 Å². The highest BCUT2D eigenvalue weighted by Gasteiger charge is 2.11. The number of phenols is 1. The van der Waals surface area contributed by atoms with Gasteiger partial charge in [-0.1, -0.05) is 0 Å². The largest absolute Gasteiger partial charge is 0.508 e. The second kappa shape index (κ2) is 4.79. The van der Waals surface area contributed by atoms with Gasteiger partial charge in [0.05, 0.1) is 17.4 Å². The number of benzene rings is 1. The minimum atomic E-state index is -0.376. The zero-order chi connectivity index (χ0) is 13.1. The van der Waals surface area contributed by atoms with Crippen LogP contribution >= 0.6 is 0 Å². The molecule has 1 aromatic heterocycles. The summed E-state index contributed by atoms with van der Waals surface area (Å²) in [5, 5.41) is 16.1. The molecule has 0 unspecified atom stereocenters. The average Bonchev–Trinajstić information content (AvgIpc) is 2.80. The number of amides is 1. The number of hydrogen-bond acceptors (Lipinski definition) is 4. The van der Waals surface area contributed by atoms with E-state index in [0.717, 1.165) is 6.54 Å². The highest BCUT2D eigenvalue weighted by Crippen LogP contribution is 2.19. The van der Waals surface area contributed by atoms with Crippen LogP contribution in [-0.4, -0.2) is 20.8 Å². The van der Waals surface area contributed by atoms with E-state index in [9.17, 15) is 9.90 Å². The summed E-state index contributed by atoms with van der Waals surface area (Å²) >= 11 is 0. The zero-order valence-corrected chi connectivity index (χ0v) is 9.92. The van der Waals surface area contributed by atoms with Crippen LogP contribution in [0.3, 0.4) is 0 Å². The molecule has 1 aromatic carbocycles. The van der Waals surface area contributed by atoms with Gasteiger partial charge in [-0.15, -0.1) is 0 Å². The first-order valence-electron chi connectivity index (χ1n) is 5.52. The van der Waals surface area contributed by atoms with Crippen molar-refractivity contribution in [2.75, 3.05) is 11.1 Å². The van der Waals surface area contributed by atoms with Crippen LogP contribution in [0.4, 0.5) is 11.4 Å². The summed E-state index contributed by atoms with van der Waals surface area (Å²) in [5.74, 6) is -0.377. The second-order valence-corrected chi connectivity index (χ2v) is 3.81. The summed E-state index contributed by atoms with van der Waals surface area (Å²) in [7, 11) is 0. The molecule has 0 aliphatic heterocycles. The van der Waals surface area contributed by atoms with E-state index in [2.05, 4.69) is 10.4 Å². The van der Waals surface area contributed by atoms with E-state index < -0.39 is 0 Å². The molecule has 0 spiro atoms. The molecule has 0 aliphatic rings. The summed E-state index contributed by atoms with van der Waals surface area (Å²) in [6.07, 6.45) is 3.28. The van der Waals surface area contributed by atoms with Crippen LogP contribution in [0.15, 0.2) is 30.6 Å². The van der Waals surface area contributed by atoms with Gasteiger partial charge in [0.25, 0.3) is 5.91 Å². The van der Waals surface area contributed by atoms with E-state index in [1.807, 2.05) is 6.92 Å². The Morgan fingerprint density at radius 3 is 3.00 bits per heavy atom. The normalized spacial score (nSPS) is 10.3. The smallest absolute Gasteiger partial charge is 0.257 e. The van der Waals surface area contributed by atoms with Gasteiger partial charge >= 0.3 is 0 Å². The molecule has 94 valence electrons. The van der Waals surface area contributed by atoms with Crippen molar-refractivity contribution in [3.63, 3.8) is 0 Å². The fraction of sp³-hybridized carbons (Fsp3) is 0.167. The Bertz CT molecular complexity index is 577. The van der Waals surface area contributed by atoms with E-state index >= 15 is 0 Å². The topological polar surface area (TPSA) is 93.2 Å². The number of aromatic hydroxyl groups is 1. The van der Waals surface area contributed by atoms with Gasteiger partial charge in [0.2, 0.25) is 0 Å². The minimum Gasteiger partial charge on any atom is -0.508 e. The molecular formula is C12H14N4O2. The number of nitrogen functional groups attached to an aromatic ring is 1. The lowest BCUT2D eigenvalue weighted by molar-refractivity contribution is 0.102. The third kappa shape index (κ3) is 2.42. The maximum absolute atomic E-state index is 11.9. The summed E-state index contributed by atoms with van der Waals surface area (Å²) in [6.45, 7) is 2.68. The van der Waals surface area contributed by atoms with Crippen molar-refractivity contribution in [3.05, 3.63) is 36.2 Å². The fourth-order valence-electron chi connectivity index (χ4n) is 1.54. The highest BCUT2D eigenvalue weighted by molar-refractivity contribution is 6.07. The standard InChI is InChI=1S/C12H14N4O2/c1-2-16-7-8(6-14-16)15-12(18)10-5-9(17)3-4-11(10)13/h3-7,17H,2,13H2,1H3,(H,15,18). The third-order valence-electron chi connectivity index (χ3n) is 2.50. The second-order valence-electron chi connectivity index (χ2n) is 3.81. The summed E-state index contributed by atoms with van der Waals surface area (Å²) in [6, 6.07) is 4.25. The molecular weight excluding hydrogens is 232 g/mol. The van der Waals surface area contributed by atoms with Gasteiger partial charge in [0.15, 0.2) is 0 Å². The summed E-state index contributed by atoms with van der Waals surface area (Å²) in [5.41, 5.74) is 6.82. The van der Waals surface area contributed by atoms with Crippen molar-refractivity contribution < 1.29 is 9.90 Å². The minimum absolute atomic E-state index is 0.00129. The Hall–Kier alpha value is -2.50. The lowest BCUT2D eigenvalue weighted by Crippen LogP contribution is -2.13. The molecule has 6 heteroatoms. The molecule has 18 heavy (non-hydrogen) atoms. The SMILES string of the molecule is CCn1cc(NC(=O)c2cc(O)ccc2N)cn1. The Morgan fingerprint density at radius 1 is 1.56 bits per heavy atom. The maximum Gasteiger partial charge on any atom is 0.257 e. The summed E-state index contributed by atoms with van der Waals surface area (Å²) in [4.78, 5) is 11.9. The monoisotopic (exact) mass is 246 g/mol. The van der Waals surface area contributed by atoms with Crippen LogP contribution in [-0.2, 0) is 6.54 Å². The van der Waals surface area contributed by atoms with Gasteiger partial charge < -0.3 is 16.2 Å². The molecule has 1 heterocycles. The van der Waals surface area contributed by atoms with Crippen LogP contribution in [0.2, 0.25) is 0 Å². The van der Waals surface area contributed by atoms with Crippen molar-refractivity contribution in [1.82, 2.24) is 9.78 Å². The van der Waals surface area contributed by atoms with Crippen LogP contribution < -0.4 is 11.1 Å². The van der Waals surface area contributed by atoms with Crippen LogP contribution in [0.1, 0.15) is 17.3 Å². The highest BCUT2D eigenvalue weighted by atomic mass is 16.3. The number of rotatable bonds is 3. The molecule has 0 saturated heterocycles. The van der Waals surface area contributed by atoms with E-state index in [1.165, 1.54) is 18.2 Å². The molecule has 0 bridgehead atoms. The predicted octanol–water partition coefficient (Wildman–Crippen LogP) is 1.44.